The van der Waals surface area contributed by atoms with E-state index in [1.165, 1.54) is 12.8 Å². The number of nitrogens with one attached hydrogen (secondary N) is 1. The average molecular weight is 612 g/mol. The summed E-state index contributed by atoms with van der Waals surface area (Å²) in [7, 11) is 1.57. The molecule has 0 spiro atoms. The molecule has 2 amide bonds. The highest BCUT2D eigenvalue weighted by Gasteiger charge is 2.34. The van der Waals surface area contributed by atoms with Gasteiger partial charge < -0.3 is 24.8 Å². The van der Waals surface area contributed by atoms with Crippen molar-refractivity contribution in [2.75, 3.05) is 37.0 Å². The van der Waals surface area contributed by atoms with E-state index in [2.05, 4.69) is 10.2 Å². The van der Waals surface area contributed by atoms with Gasteiger partial charge in [0.1, 0.15) is 12.4 Å². The fourth-order valence-corrected chi connectivity index (χ4v) is 6.30. The number of carbonyl (C=O) groups excluding carboxylic acids is 2. The van der Waals surface area contributed by atoms with Crippen molar-refractivity contribution >= 4 is 35.0 Å². The number of carbonyl (C=O) groups is 3. The summed E-state index contributed by atoms with van der Waals surface area (Å²) in [6, 6.07) is 18.1. The van der Waals surface area contributed by atoms with Crippen LogP contribution in [-0.2, 0) is 22.6 Å². The van der Waals surface area contributed by atoms with Crippen molar-refractivity contribution in [2.24, 2.45) is 5.92 Å². The lowest BCUT2D eigenvalue weighted by Crippen LogP contribution is -2.32. The molecule has 1 unspecified atom stereocenters. The van der Waals surface area contributed by atoms with Crippen molar-refractivity contribution in [3.05, 3.63) is 94.6 Å². The second-order valence-electron chi connectivity index (χ2n) is 11.7. The molecule has 2 N–H and O–H groups in total. The summed E-state index contributed by atoms with van der Waals surface area (Å²) < 4.78 is 11.3. The fraction of sp³-hybridized carbons (Fsp3) is 0.361. The number of ether oxygens (including phenoxy) is 2. The van der Waals surface area contributed by atoms with Crippen LogP contribution >= 0.6 is 0 Å². The molecule has 0 aliphatic carbocycles. The number of hydrogen-bond acceptors (Lipinski definition) is 6. The van der Waals surface area contributed by atoms with Crippen molar-refractivity contribution in [3.63, 3.8) is 0 Å². The van der Waals surface area contributed by atoms with Gasteiger partial charge in [-0.25, -0.2) is 9.59 Å². The number of cyclic esters (lactones) is 1. The van der Waals surface area contributed by atoms with Crippen molar-refractivity contribution in [3.8, 4) is 5.75 Å². The largest absolute Gasteiger partial charge is 0.496 e. The first kappa shape index (κ1) is 31.8. The third kappa shape index (κ3) is 7.20. The zero-order valence-electron chi connectivity index (χ0n) is 26.2. The van der Waals surface area contributed by atoms with Crippen LogP contribution in [-0.4, -0.2) is 54.7 Å². The molecule has 2 aliphatic heterocycles. The van der Waals surface area contributed by atoms with Gasteiger partial charge in [0.15, 0.2) is 0 Å². The lowest BCUT2D eigenvalue weighted by atomic mass is 9.92. The van der Waals surface area contributed by atoms with Crippen LogP contribution in [0.15, 0.2) is 72.3 Å². The number of carboxylic acid groups (broad SMARTS) is 1. The number of aliphatic carboxylic acids is 1. The van der Waals surface area contributed by atoms with Crippen molar-refractivity contribution < 1.29 is 29.0 Å². The number of amides is 2. The Bertz CT molecular complexity index is 1530. The Morgan fingerprint density at radius 3 is 2.27 bits per heavy atom. The van der Waals surface area contributed by atoms with Crippen LogP contribution in [0.2, 0.25) is 0 Å². The number of anilines is 3. The van der Waals surface area contributed by atoms with E-state index in [9.17, 15) is 19.5 Å². The van der Waals surface area contributed by atoms with Crippen LogP contribution in [0.25, 0.3) is 0 Å². The van der Waals surface area contributed by atoms with Crippen molar-refractivity contribution in [1.82, 2.24) is 4.90 Å². The Morgan fingerprint density at radius 1 is 1.07 bits per heavy atom. The fourth-order valence-electron chi connectivity index (χ4n) is 6.30. The highest BCUT2D eigenvalue weighted by molar-refractivity contribution is 6.11. The van der Waals surface area contributed by atoms with Gasteiger partial charge in [0.2, 0.25) is 0 Å². The van der Waals surface area contributed by atoms with Gasteiger partial charge in [0.25, 0.3) is 0 Å². The molecule has 0 aromatic heterocycles. The van der Waals surface area contributed by atoms with Gasteiger partial charge in [-0.15, -0.1) is 0 Å². The summed E-state index contributed by atoms with van der Waals surface area (Å²) in [6.45, 7) is 6.73. The van der Waals surface area contributed by atoms with E-state index in [0.29, 0.717) is 58.8 Å². The molecule has 9 nitrogen and oxygen atoms in total. The lowest BCUT2D eigenvalue weighted by molar-refractivity contribution is -0.142. The Morgan fingerprint density at radius 2 is 1.69 bits per heavy atom. The quantitative estimate of drug-likeness (QED) is 0.166. The molecule has 236 valence electrons. The van der Waals surface area contributed by atoms with E-state index in [1.54, 1.807) is 12.0 Å². The number of fused-ring (bicyclic) bond motifs is 1. The van der Waals surface area contributed by atoms with Gasteiger partial charge in [0, 0.05) is 11.1 Å². The van der Waals surface area contributed by atoms with Crippen LogP contribution in [0, 0.1) is 12.8 Å². The zero-order chi connectivity index (χ0) is 31.9. The molecule has 9 heteroatoms. The molecule has 5 rings (SSSR count). The number of benzene rings is 3. The maximum Gasteiger partial charge on any atom is 0.341 e. The number of allylic oxidation sites excluding steroid dienone is 2. The van der Waals surface area contributed by atoms with E-state index in [0.717, 1.165) is 30.8 Å². The van der Waals surface area contributed by atoms with E-state index in [1.807, 2.05) is 80.6 Å². The molecule has 0 radical (unpaired) electrons. The normalized spacial score (nSPS) is 15.4. The third-order valence-electron chi connectivity index (χ3n) is 8.71. The number of carboxylic acids is 1. The van der Waals surface area contributed by atoms with Crippen molar-refractivity contribution in [2.45, 2.75) is 52.6 Å². The minimum atomic E-state index is -0.800. The molecular formula is C36H41N3O6. The standard InChI is InChI=1S/C36H41N3O6/c1-24(22-26(34(40)41)18-21-38-19-10-11-20-38)16-17-29-32(31-30(23-45-35(31)42)25(2)33(29)44-3)37-36(43)39(27-12-6-4-7-13-27)28-14-8-5-9-15-28/h4-9,12-16,26H,10-11,17-23H2,1-3H3,(H,37,43)(H,40,41)/b24-16+. The number of hydrogen-bond donors (Lipinski definition) is 2. The van der Waals surface area contributed by atoms with Gasteiger partial charge in [-0.1, -0.05) is 48.0 Å². The monoisotopic (exact) mass is 611 g/mol. The molecule has 45 heavy (non-hydrogen) atoms. The lowest BCUT2D eigenvalue weighted by Gasteiger charge is -2.26. The highest BCUT2D eigenvalue weighted by Crippen LogP contribution is 2.42. The van der Waals surface area contributed by atoms with E-state index in [4.69, 9.17) is 9.47 Å². The summed E-state index contributed by atoms with van der Waals surface area (Å²) in [5, 5.41) is 13.0. The summed E-state index contributed by atoms with van der Waals surface area (Å²) in [4.78, 5) is 43.3. The SMILES string of the molecule is COc1c(C)c2c(c(NC(=O)N(c3ccccc3)c3ccccc3)c1C/C=C(\C)CC(CCN1CCCC1)C(=O)O)C(=O)OC2. The molecule has 3 aromatic carbocycles. The number of methoxy groups -OCH3 is 1. The summed E-state index contributed by atoms with van der Waals surface area (Å²) in [5.74, 6) is -1.25. The number of rotatable bonds is 12. The zero-order valence-corrected chi connectivity index (χ0v) is 26.2. The van der Waals surface area contributed by atoms with E-state index in [-0.39, 0.29) is 6.61 Å². The Kier molecular flexibility index (Phi) is 10.2. The van der Waals surface area contributed by atoms with Gasteiger partial charge >= 0.3 is 18.0 Å². The summed E-state index contributed by atoms with van der Waals surface area (Å²) in [5.41, 5.74) is 4.97. The van der Waals surface area contributed by atoms with Gasteiger partial charge in [-0.05, 0) is 95.4 Å². The first-order valence-electron chi connectivity index (χ1n) is 15.5. The van der Waals surface area contributed by atoms with E-state index < -0.39 is 23.9 Å². The van der Waals surface area contributed by atoms with Gasteiger partial charge in [-0.2, -0.15) is 0 Å². The second-order valence-corrected chi connectivity index (χ2v) is 11.7. The van der Waals surface area contributed by atoms with Gasteiger partial charge in [0.05, 0.1) is 35.7 Å². The Balaban J connectivity index is 1.48. The Labute approximate surface area is 264 Å². The van der Waals surface area contributed by atoms with Crippen LogP contribution in [0.4, 0.5) is 21.9 Å². The number of likely N-dealkylation sites (tertiary alicyclic amines) is 1. The van der Waals surface area contributed by atoms with Crippen LogP contribution < -0.4 is 15.0 Å². The summed E-state index contributed by atoms with van der Waals surface area (Å²) in [6.07, 6.45) is 5.62. The molecule has 3 aromatic rings. The number of urea groups is 1. The molecule has 0 saturated carbocycles. The smallest absolute Gasteiger partial charge is 0.341 e. The number of para-hydroxylation sites is 2. The average Bonchev–Trinajstić information content (AvgIpc) is 3.71. The van der Waals surface area contributed by atoms with Crippen LogP contribution in [0.5, 0.6) is 5.75 Å². The summed E-state index contributed by atoms with van der Waals surface area (Å²) >= 11 is 0. The Hall–Kier alpha value is -4.63. The molecule has 0 bridgehead atoms. The predicted molar refractivity (Wildman–Crippen MR) is 174 cm³/mol. The van der Waals surface area contributed by atoms with Crippen LogP contribution in [0.3, 0.4) is 0 Å². The minimum Gasteiger partial charge on any atom is -0.496 e. The van der Waals surface area contributed by atoms with Crippen molar-refractivity contribution in [1.29, 1.82) is 0 Å². The maximum absolute atomic E-state index is 14.1. The molecular weight excluding hydrogens is 570 g/mol. The molecule has 2 aliphatic rings. The van der Waals surface area contributed by atoms with E-state index >= 15 is 0 Å². The first-order chi connectivity index (χ1) is 21.8. The minimum absolute atomic E-state index is 0.0901. The number of nitrogens with zero attached hydrogens (tertiary/aromatic N) is 2. The number of esters is 1. The molecule has 1 atom stereocenters. The third-order valence-corrected chi connectivity index (χ3v) is 8.71. The molecule has 1 fully saturated rings. The topological polar surface area (TPSA) is 108 Å². The van der Waals surface area contributed by atoms with Crippen LogP contribution in [0.1, 0.15) is 59.7 Å². The predicted octanol–water partition coefficient (Wildman–Crippen LogP) is 7.11. The van der Waals surface area contributed by atoms with Gasteiger partial charge in [-0.3, -0.25) is 9.69 Å². The first-order valence-corrected chi connectivity index (χ1v) is 15.5. The second kappa shape index (κ2) is 14.4. The molecule has 1 saturated heterocycles. The maximum atomic E-state index is 14.1. The highest BCUT2D eigenvalue weighted by atomic mass is 16.5. The molecule has 2 heterocycles.